The van der Waals surface area contributed by atoms with Crippen molar-refractivity contribution in [3.05, 3.63) is 29.8 Å². The van der Waals surface area contributed by atoms with Crippen molar-refractivity contribution >= 4 is 34.0 Å². The monoisotopic (exact) mass is 430 g/mol. The number of halogens is 4. The van der Waals surface area contributed by atoms with Gasteiger partial charge >= 0.3 is 6.18 Å². The molecule has 154 valence electrons. The first-order valence-electron chi connectivity index (χ1n) is 7.94. The third-order valence-electron chi connectivity index (χ3n) is 3.88. The molecule has 1 aromatic carbocycles. The van der Waals surface area contributed by atoms with Crippen molar-refractivity contribution in [2.75, 3.05) is 43.7 Å². The van der Waals surface area contributed by atoms with E-state index in [1.807, 2.05) is 0 Å². The van der Waals surface area contributed by atoms with Crippen LogP contribution in [-0.2, 0) is 10.0 Å². The average Bonchev–Trinajstić information content (AvgIpc) is 2.54. The number of carbonyl (C=O) groups is 1. The van der Waals surface area contributed by atoms with Crippen LogP contribution in [0, 0.1) is 0 Å². The number of sulfonamides is 1. The maximum Gasteiger partial charge on any atom is 0.405 e. The average molecular weight is 431 g/mol. The van der Waals surface area contributed by atoms with Gasteiger partial charge in [0.1, 0.15) is 6.04 Å². The molecular formula is C15H22ClF3N4O3S. The summed E-state index contributed by atoms with van der Waals surface area (Å²) in [4.78, 5) is 13.4. The number of nitrogens with zero attached hydrogens (tertiary/aromatic N) is 1. The number of carbonyl (C=O) groups excluding carboxylic acids is 1. The highest BCUT2D eigenvalue weighted by molar-refractivity contribution is 7.92. The number of hydrogen-bond donors (Lipinski definition) is 3. The molecule has 1 fully saturated rings. The molecule has 0 radical (unpaired) electrons. The van der Waals surface area contributed by atoms with Crippen LogP contribution in [0.25, 0.3) is 0 Å². The molecule has 1 aliphatic rings. The van der Waals surface area contributed by atoms with Crippen LogP contribution < -0.4 is 15.4 Å². The van der Waals surface area contributed by atoms with Crippen molar-refractivity contribution in [3.8, 4) is 0 Å². The van der Waals surface area contributed by atoms with Crippen LogP contribution in [-0.4, -0.2) is 70.4 Å². The van der Waals surface area contributed by atoms with Gasteiger partial charge in [-0.3, -0.25) is 14.4 Å². The highest BCUT2D eigenvalue weighted by atomic mass is 35.5. The number of piperazine rings is 1. The predicted molar refractivity (Wildman–Crippen MR) is 98.8 cm³/mol. The smallest absolute Gasteiger partial charge is 0.350 e. The SMILES string of the molecule is CS(=O)(=O)Nc1ccc(C(=O)NCC(N2CCNCC2)C(F)(F)F)cc1.Cl. The molecule has 3 N–H and O–H groups in total. The van der Waals surface area contributed by atoms with E-state index in [0.29, 0.717) is 13.1 Å². The van der Waals surface area contributed by atoms with Crippen LogP contribution in [0.3, 0.4) is 0 Å². The van der Waals surface area contributed by atoms with Crippen LogP contribution in [0.2, 0.25) is 0 Å². The molecule has 1 atom stereocenters. The van der Waals surface area contributed by atoms with Crippen molar-refractivity contribution in [2.24, 2.45) is 0 Å². The van der Waals surface area contributed by atoms with E-state index in [4.69, 9.17) is 0 Å². The normalized spacial score (nSPS) is 16.9. The zero-order chi connectivity index (χ0) is 19.4. The Bertz CT molecular complexity index is 723. The zero-order valence-electron chi connectivity index (χ0n) is 14.5. The third kappa shape index (κ3) is 7.53. The zero-order valence-corrected chi connectivity index (χ0v) is 16.2. The summed E-state index contributed by atoms with van der Waals surface area (Å²) >= 11 is 0. The lowest BCUT2D eigenvalue weighted by Crippen LogP contribution is -2.57. The number of alkyl halides is 3. The van der Waals surface area contributed by atoms with Crippen molar-refractivity contribution in [1.82, 2.24) is 15.5 Å². The van der Waals surface area contributed by atoms with Gasteiger partial charge in [0, 0.05) is 44.0 Å². The summed E-state index contributed by atoms with van der Waals surface area (Å²) in [5.74, 6) is -0.653. The van der Waals surface area contributed by atoms with Gasteiger partial charge in [-0.15, -0.1) is 12.4 Å². The fourth-order valence-corrected chi connectivity index (χ4v) is 3.21. The van der Waals surface area contributed by atoms with E-state index >= 15 is 0 Å². The largest absolute Gasteiger partial charge is 0.405 e. The van der Waals surface area contributed by atoms with Crippen molar-refractivity contribution in [2.45, 2.75) is 12.2 Å². The van der Waals surface area contributed by atoms with Gasteiger partial charge in [-0.05, 0) is 24.3 Å². The molecule has 1 aliphatic heterocycles. The molecule has 1 aromatic rings. The molecule has 2 rings (SSSR count). The van der Waals surface area contributed by atoms with Gasteiger partial charge in [0.2, 0.25) is 10.0 Å². The Hall–Kier alpha value is -1.56. The Labute approximate surface area is 162 Å². The first-order chi connectivity index (χ1) is 12.1. The van der Waals surface area contributed by atoms with E-state index < -0.39 is 34.7 Å². The summed E-state index contributed by atoms with van der Waals surface area (Å²) in [5.41, 5.74) is 0.406. The molecule has 0 spiro atoms. The third-order valence-corrected chi connectivity index (χ3v) is 4.48. The topological polar surface area (TPSA) is 90.5 Å². The minimum absolute atomic E-state index is 0. The number of rotatable bonds is 6. The fraction of sp³-hybridized carbons (Fsp3) is 0.533. The summed E-state index contributed by atoms with van der Waals surface area (Å²) in [5, 5.41) is 5.30. The Morgan fingerprint density at radius 3 is 2.26 bits per heavy atom. The Morgan fingerprint density at radius 2 is 1.78 bits per heavy atom. The van der Waals surface area contributed by atoms with E-state index in [2.05, 4.69) is 15.4 Å². The van der Waals surface area contributed by atoms with Crippen molar-refractivity contribution in [1.29, 1.82) is 0 Å². The molecule has 0 bridgehead atoms. The van der Waals surface area contributed by atoms with Crippen LogP contribution in [0.15, 0.2) is 24.3 Å². The minimum Gasteiger partial charge on any atom is -0.350 e. The molecular weight excluding hydrogens is 409 g/mol. The van der Waals surface area contributed by atoms with Gasteiger partial charge in [0.05, 0.1) is 6.26 Å². The van der Waals surface area contributed by atoms with Gasteiger partial charge in [-0.2, -0.15) is 13.2 Å². The lowest BCUT2D eigenvalue weighted by atomic mass is 10.1. The number of nitrogens with one attached hydrogen (secondary N) is 3. The first kappa shape index (κ1) is 23.5. The van der Waals surface area contributed by atoms with E-state index in [0.717, 1.165) is 6.26 Å². The highest BCUT2D eigenvalue weighted by Crippen LogP contribution is 2.25. The highest BCUT2D eigenvalue weighted by Gasteiger charge is 2.43. The molecule has 27 heavy (non-hydrogen) atoms. The summed E-state index contributed by atoms with van der Waals surface area (Å²) < 4.78 is 64.4. The Kier molecular flexibility index (Phi) is 8.33. The maximum absolute atomic E-state index is 13.3. The Balaban J connectivity index is 0.00000364. The van der Waals surface area contributed by atoms with Crippen LogP contribution >= 0.6 is 12.4 Å². The second kappa shape index (κ2) is 9.58. The maximum atomic E-state index is 13.3. The molecule has 1 heterocycles. The van der Waals surface area contributed by atoms with E-state index in [-0.39, 0.29) is 36.7 Å². The first-order valence-corrected chi connectivity index (χ1v) is 9.83. The van der Waals surface area contributed by atoms with E-state index in [9.17, 15) is 26.4 Å². The van der Waals surface area contributed by atoms with Crippen LogP contribution in [0.5, 0.6) is 0 Å². The Morgan fingerprint density at radius 1 is 1.22 bits per heavy atom. The standard InChI is InChI=1S/C15H21F3N4O3S.ClH/c1-26(24,25)21-12-4-2-11(3-5-12)14(23)20-10-13(15(16,17)18)22-8-6-19-7-9-22;/h2-5,13,19,21H,6-10H2,1H3,(H,20,23);1H. The quantitative estimate of drug-likeness (QED) is 0.627. The van der Waals surface area contributed by atoms with Crippen LogP contribution in [0.4, 0.5) is 18.9 Å². The minimum atomic E-state index is -4.45. The van der Waals surface area contributed by atoms with Crippen molar-refractivity contribution in [3.63, 3.8) is 0 Å². The number of benzene rings is 1. The summed E-state index contributed by atoms with van der Waals surface area (Å²) in [6.45, 7) is 0.897. The van der Waals surface area contributed by atoms with Crippen LogP contribution in [0.1, 0.15) is 10.4 Å². The number of amides is 1. The predicted octanol–water partition coefficient (Wildman–Crippen LogP) is 1.05. The molecule has 12 heteroatoms. The number of anilines is 1. The summed E-state index contributed by atoms with van der Waals surface area (Å²) in [6, 6.07) is 3.67. The lowest BCUT2D eigenvalue weighted by molar-refractivity contribution is -0.183. The molecule has 1 unspecified atom stereocenters. The van der Waals surface area contributed by atoms with Gasteiger partial charge in [-0.25, -0.2) is 8.42 Å². The second-order valence-electron chi connectivity index (χ2n) is 6.00. The second-order valence-corrected chi connectivity index (χ2v) is 7.75. The summed E-state index contributed by atoms with van der Waals surface area (Å²) in [6.07, 6.45) is -3.46. The fourth-order valence-electron chi connectivity index (χ4n) is 2.64. The molecule has 0 saturated carbocycles. The van der Waals surface area contributed by atoms with Gasteiger partial charge < -0.3 is 10.6 Å². The van der Waals surface area contributed by atoms with Gasteiger partial charge in [0.25, 0.3) is 5.91 Å². The van der Waals surface area contributed by atoms with E-state index in [1.165, 1.54) is 29.2 Å². The molecule has 0 aromatic heterocycles. The van der Waals surface area contributed by atoms with Gasteiger partial charge in [-0.1, -0.05) is 0 Å². The molecule has 7 nitrogen and oxygen atoms in total. The molecule has 0 aliphatic carbocycles. The van der Waals surface area contributed by atoms with E-state index in [1.54, 1.807) is 0 Å². The molecule has 1 saturated heterocycles. The number of hydrogen-bond acceptors (Lipinski definition) is 5. The molecule has 1 amide bonds. The van der Waals surface area contributed by atoms with Crippen molar-refractivity contribution < 1.29 is 26.4 Å². The lowest BCUT2D eigenvalue weighted by Gasteiger charge is -2.35. The van der Waals surface area contributed by atoms with Gasteiger partial charge in [0.15, 0.2) is 0 Å². The summed E-state index contributed by atoms with van der Waals surface area (Å²) in [7, 11) is -3.45.